The quantitative estimate of drug-likeness (QED) is 0.735. The summed E-state index contributed by atoms with van der Waals surface area (Å²) in [5, 5.41) is 5.74. The van der Waals surface area contributed by atoms with Gasteiger partial charge in [-0.15, -0.1) is 0 Å². The molecular formula is C24H31N3O3. The molecule has 3 amide bonds. The highest BCUT2D eigenvalue weighted by atomic mass is 16.5. The van der Waals surface area contributed by atoms with Gasteiger partial charge in [0, 0.05) is 36.8 Å². The summed E-state index contributed by atoms with van der Waals surface area (Å²) in [5.41, 5.74) is 2.89. The van der Waals surface area contributed by atoms with Crippen molar-refractivity contribution in [2.24, 2.45) is 5.92 Å². The number of nitrogens with zero attached hydrogens (tertiary/aromatic N) is 1. The standard InChI is InChI=1S/C24H31N3O3/c1-5-30-21-12-10-20(11-13-21)27-16-17(14-22(27)28)15-25-23(29)26-19-8-6-18(7-9-19)24(2,3)4/h6-13,17H,5,14-16H2,1-4H3,(H2,25,26,29)/t17-/m1/s1. The lowest BCUT2D eigenvalue weighted by Gasteiger charge is -2.19. The Labute approximate surface area is 178 Å². The Hall–Kier alpha value is -3.02. The number of amides is 3. The van der Waals surface area contributed by atoms with Crippen LogP contribution in [0.5, 0.6) is 5.75 Å². The lowest BCUT2D eigenvalue weighted by atomic mass is 9.87. The molecule has 1 atom stereocenters. The van der Waals surface area contributed by atoms with Crippen LogP contribution in [0.25, 0.3) is 0 Å². The molecule has 6 nitrogen and oxygen atoms in total. The van der Waals surface area contributed by atoms with Crippen molar-refractivity contribution in [1.82, 2.24) is 5.32 Å². The Morgan fingerprint density at radius 3 is 2.37 bits per heavy atom. The lowest BCUT2D eigenvalue weighted by molar-refractivity contribution is -0.117. The van der Waals surface area contributed by atoms with Gasteiger partial charge in [0.1, 0.15) is 5.75 Å². The van der Waals surface area contributed by atoms with E-state index < -0.39 is 0 Å². The van der Waals surface area contributed by atoms with Crippen molar-refractivity contribution in [2.75, 3.05) is 29.9 Å². The molecule has 1 aliphatic heterocycles. The number of hydrogen-bond donors (Lipinski definition) is 2. The highest BCUT2D eigenvalue weighted by molar-refractivity contribution is 5.96. The summed E-state index contributed by atoms with van der Waals surface area (Å²) in [4.78, 5) is 26.4. The lowest BCUT2D eigenvalue weighted by Crippen LogP contribution is -2.34. The highest BCUT2D eigenvalue weighted by Crippen LogP contribution is 2.27. The number of urea groups is 1. The molecule has 0 radical (unpaired) electrons. The predicted molar refractivity (Wildman–Crippen MR) is 120 cm³/mol. The van der Waals surface area contributed by atoms with Gasteiger partial charge >= 0.3 is 6.03 Å². The Kier molecular flexibility index (Phi) is 6.65. The van der Waals surface area contributed by atoms with Gasteiger partial charge in [-0.3, -0.25) is 4.79 Å². The summed E-state index contributed by atoms with van der Waals surface area (Å²) < 4.78 is 5.45. The van der Waals surface area contributed by atoms with Gasteiger partial charge in [0.05, 0.1) is 6.61 Å². The first-order chi connectivity index (χ1) is 14.3. The number of benzene rings is 2. The number of nitrogens with one attached hydrogen (secondary N) is 2. The summed E-state index contributed by atoms with van der Waals surface area (Å²) >= 11 is 0. The normalized spacial score (nSPS) is 16.5. The Balaban J connectivity index is 1.49. The molecule has 1 fully saturated rings. The van der Waals surface area contributed by atoms with Gasteiger partial charge in [0.2, 0.25) is 5.91 Å². The van der Waals surface area contributed by atoms with Crippen LogP contribution in [0, 0.1) is 5.92 Å². The monoisotopic (exact) mass is 409 g/mol. The van der Waals surface area contributed by atoms with E-state index in [1.165, 1.54) is 5.56 Å². The molecule has 1 heterocycles. The Bertz CT molecular complexity index is 870. The first-order valence-corrected chi connectivity index (χ1v) is 10.4. The van der Waals surface area contributed by atoms with Crippen molar-refractivity contribution in [2.45, 2.75) is 39.5 Å². The second-order valence-electron chi connectivity index (χ2n) is 8.66. The van der Waals surface area contributed by atoms with Gasteiger partial charge in [0.25, 0.3) is 0 Å². The number of ether oxygens (including phenoxy) is 1. The fourth-order valence-electron chi connectivity index (χ4n) is 3.52. The maximum atomic E-state index is 12.4. The SMILES string of the molecule is CCOc1ccc(N2C[C@@H](CNC(=O)Nc3ccc(C(C)(C)C)cc3)CC2=O)cc1. The highest BCUT2D eigenvalue weighted by Gasteiger charge is 2.30. The van der Waals surface area contributed by atoms with Crippen molar-refractivity contribution >= 4 is 23.3 Å². The van der Waals surface area contributed by atoms with Gasteiger partial charge in [-0.25, -0.2) is 4.79 Å². The number of rotatable bonds is 6. The zero-order chi connectivity index (χ0) is 21.7. The minimum absolute atomic E-state index is 0.0733. The van der Waals surface area contributed by atoms with Crippen molar-refractivity contribution in [3.8, 4) is 5.75 Å². The molecule has 0 spiro atoms. The van der Waals surface area contributed by atoms with E-state index in [2.05, 4.69) is 31.4 Å². The van der Waals surface area contributed by atoms with Crippen molar-refractivity contribution in [3.63, 3.8) is 0 Å². The largest absolute Gasteiger partial charge is 0.494 e. The van der Waals surface area contributed by atoms with Crippen LogP contribution in [0.15, 0.2) is 48.5 Å². The molecule has 0 aromatic heterocycles. The molecule has 3 rings (SSSR count). The predicted octanol–water partition coefficient (Wildman–Crippen LogP) is 4.56. The molecule has 2 aromatic carbocycles. The topological polar surface area (TPSA) is 70.7 Å². The molecule has 6 heteroatoms. The molecule has 0 unspecified atom stereocenters. The molecule has 0 bridgehead atoms. The molecular weight excluding hydrogens is 378 g/mol. The molecule has 1 aliphatic rings. The maximum absolute atomic E-state index is 12.4. The van der Waals surface area contributed by atoms with Gasteiger partial charge in [-0.2, -0.15) is 0 Å². The van der Waals surface area contributed by atoms with Crippen LogP contribution in [-0.2, 0) is 10.2 Å². The first kappa shape index (κ1) is 21.7. The second-order valence-corrected chi connectivity index (χ2v) is 8.66. The van der Waals surface area contributed by atoms with Gasteiger partial charge in [-0.05, 0) is 54.3 Å². The summed E-state index contributed by atoms with van der Waals surface area (Å²) in [6.45, 7) is 10.1. The van der Waals surface area contributed by atoms with E-state index in [0.717, 1.165) is 17.1 Å². The smallest absolute Gasteiger partial charge is 0.319 e. The summed E-state index contributed by atoms with van der Waals surface area (Å²) in [5.74, 6) is 0.945. The van der Waals surface area contributed by atoms with Crippen LogP contribution in [0.1, 0.15) is 39.7 Å². The number of anilines is 2. The minimum Gasteiger partial charge on any atom is -0.494 e. The average molecular weight is 410 g/mol. The van der Waals surface area contributed by atoms with E-state index in [1.807, 2.05) is 55.5 Å². The van der Waals surface area contributed by atoms with Crippen LogP contribution < -0.4 is 20.3 Å². The van der Waals surface area contributed by atoms with E-state index in [1.54, 1.807) is 4.90 Å². The molecule has 0 aliphatic carbocycles. The molecule has 2 aromatic rings. The third-order valence-electron chi connectivity index (χ3n) is 5.22. The number of hydrogen-bond acceptors (Lipinski definition) is 3. The van der Waals surface area contributed by atoms with Crippen LogP contribution in [0.2, 0.25) is 0 Å². The molecule has 30 heavy (non-hydrogen) atoms. The first-order valence-electron chi connectivity index (χ1n) is 10.4. The van der Waals surface area contributed by atoms with Gasteiger partial charge in [0.15, 0.2) is 0 Å². The summed E-state index contributed by atoms with van der Waals surface area (Å²) in [7, 11) is 0. The molecule has 160 valence electrons. The summed E-state index contributed by atoms with van der Waals surface area (Å²) in [6.07, 6.45) is 0.424. The number of carbonyl (C=O) groups excluding carboxylic acids is 2. The van der Waals surface area contributed by atoms with Crippen LogP contribution >= 0.6 is 0 Å². The van der Waals surface area contributed by atoms with Crippen molar-refractivity contribution in [1.29, 1.82) is 0 Å². The Morgan fingerprint density at radius 2 is 1.77 bits per heavy atom. The van der Waals surface area contributed by atoms with E-state index in [-0.39, 0.29) is 23.3 Å². The summed E-state index contributed by atoms with van der Waals surface area (Å²) in [6, 6.07) is 15.1. The van der Waals surface area contributed by atoms with Crippen LogP contribution in [-0.4, -0.2) is 31.6 Å². The third kappa shape index (κ3) is 5.53. The maximum Gasteiger partial charge on any atom is 0.319 e. The van der Waals surface area contributed by atoms with E-state index in [0.29, 0.717) is 26.1 Å². The van der Waals surface area contributed by atoms with E-state index in [4.69, 9.17) is 4.74 Å². The number of carbonyl (C=O) groups is 2. The molecule has 0 saturated carbocycles. The Morgan fingerprint density at radius 1 is 1.10 bits per heavy atom. The van der Waals surface area contributed by atoms with Crippen LogP contribution in [0.3, 0.4) is 0 Å². The van der Waals surface area contributed by atoms with Crippen molar-refractivity contribution < 1.29 is 14.3 Å². The molecule has 1 saturated heterocycles. The fraction of sp³-hybridized carbons (Fsp3) is 0.417. The van der Waals surface area contributed by atoms with Gasteiger partial charge < -0.3 is 20.3 Å². The zero-order valence-corrected chi connectivity index (χ0v) is 18.2. The third-order valence-corrected chi connectivity index (χ3v) is 5.22. The van der Waals surface area contributed by atoms with E-state index >= 15 is 0 Å². The van der Waals surface area contributed by atoms with Crippen LogP contribution in [0.4, 0.5) is 16.2 Å². The zero-order valence-electron chi connectivity index (χ0n) is 18.2. The fourth-order valence-corrected chi connectivity index (χ4v) is 3.52. The molecule has 2 N–H and O–H groups in total. The van der Waals surface area contributed by atoms with E-state index in [9.17, 15) is 9.59 Å². The minimum atomic E-state index is -0.259. The average Bonchev–Trinajstić information content (AvgIpc) is 3.08. The van der Waals surface area contributed by atoms with Gasteiger partial charge in [-0.1, -0.05) is 32.9 Å². The van der Waals surface area contributed by atoms with Crippen molar-refractivity contribution in [3.05, 3.63) is 54.1 Å². The second kappa shape index (κ2) is 9.20.